The summed E-state index contributed by atoms with van der Waals surface area (Å²) in [6.07, 6.45) is 0. The second-order valence-corrected chi connectivity index (χ2v) is 5.60. The Balaban J connectivity index is 1.94. The normalized spacial score (nSPS) is 10.6. The van der Waals surface area contributed by atoms with E-state index >= 15 is 0 Å². The van der Waals surface area contributed by atoms with Crippen molar-refractivity contribution in [3.63, 3.8) is 0 Å². The van der Waals surface area contributed by atoms with Crippen LogP contribution in [-0.2, 0) is 6.61 Å². The standard InChI is InChI=1S/C15H16FNO2S/c1-10(2)17-15(18)14-6-11(9-20-14)8-19-13-5-3-4-12(16)7-13/h3-7,9-10H,8H2,1-2H3,(H,17,18). The highest BCUT2D eigenvalue weighted by atomic mass is 32.1. The molecule has 1 aromatic carbocycles. The fourth-order valence-electron chi connectivity index (χ4n) is 1.63. The number of hydrogen-bond acceptors (Lipinski definition) is 3. The fraction of sp³-hybridized carbons (Fsp3) is 0.267. The second kappa shape index (κ2) is 6.52. The van der Waals surface area contributed by atoms with Gasteiger partial charge in [0, 0.05) is 17.7 Å². The molecule has 3 nitrogen and oxygen atoms in total. The minimum absolute atomic E-state index is 0.0815. The van der Waals surface area contributed by atoms with Crippen molar-refractivity contribution in [1.29, 1.82) is 0 Å². The Kier molecular flexibility index (Phi) is 4.74. The molecule has 0 saturated heterocycles. The molecule has 2 rings (SSSR count). The van der Waals surface area contributed by atoms with Gasteiger partial charge in [-0.2, -0.15) is 0 Å². The number of amides is 1. The zero-order valence-corrected chi connectivity index (χ0v) is 12.2. The highest BCUT2D eigenvalue weighted by Crippen LogP contribution is 2.18. The van der Waals surface area contributed by atoms with E-state index in [1.807, 2.05) is 19.2 Å². The zero-order valence-electron chi connectivity index (χ0n) is 11.4. The molecule has 1 amide bonds. The number of carbonyl (C=O) groups is 1. The van der Waals surface area contributed by atoms with Crippen LogP contribution in [0.2, 0.25) is 0 Å². The lowest BCUT2D eigenvalue weighted by atomic mass is 10.3. The third-order valence-electron chi connectivity index (χ3n) is 2.50. The molecule has 5 heteroatoms. The van der Waals surface area contributed by atoms with E-state index in [0.29, 0.717) is 17.2 Å². The van der Waals surface area contributed by atoms with Crippen LogP contribution in [0.15, 0.2) is 35.7 Å². The van der Waals surface area contributed by atoms with E-state index in [1.165, 1.54) is 23.5 Å². The Labute approximate surface area is 121 Å². The van der Waals surface area contributed by atoms with Gasteiger partial charge in [0.1, 0.15) is 18.2 Å². The largest absolute Gasteiger partial charge is 0.489 e. The van der Waals surface area contributed by atoms with Crippen LogP contribution in [-0.4, -0.2) is 11.9 Å². The number of hydrogen-bond donors (Lipinski definition) is 1. The second-order valence-electron chi connectivity index (χ2n) is 4.69. The first-order valence-corrected chi connectivity index (χ1v) is 7.19. The molecule has 20 heavy (non-hydrogen) atoms. The van der Waals surface area contributed by atoms with Crippen molar-refractivity contribution in [2.75, 3.05) is 0 Å². The van der Waals surface area contributed by atoms with Gasteiger partial charge in [0.05, 0.1) is 4.88 Å². The summed E-state index contributed by atoms with van der Waals surface area (Å²) in [4.78, 5) is 12.4. The van der Waals surface area contributed by atoms with Crippen molar-refractivity contribution in [2.45, 2.75) is 26.5 Å². The third kappa shape index (κ3) is 4.06. The Morgan fingerprint density at radius 3 is 2.90 bits per heavy atom. The van der Waals surface area contributed by atoms with Gasteiger partial charge >= 0.3 is 0 Å². The van der Waals surface area contributed by atoms with Crippen LogP contribution in [0.4, 0.5) is 4.39 Å². The molecule has 0 aliphatic carbocycles. The van der Waals surface area contributed by atoms with Crippen LogP contribution >= 0.6 is 11.3 Å². The van der Waals surface area contributed by atoms with E-state index in [9.17, 15) is 9.18 Å². The van der Waals surface area contributed by atoms with Gasteiger partial charge in [-0.1, -0.05) is 6.07 Å². The maximum Gasteiger partial charge on any atom is 0.261 e. The van der Waals surface area contributed by atoms with Crippen LogP contribution < -0.4 is 10.1 Å². The summed E-state index contributed by atoms with van der Waals surface area (Å²) in [5, 5.41) is 4.70. The van der Waals surface area contributed by atoms with E-state index in [4.69, 9.17) is 4.74 Å². The summed E-state index contributed by atoms with van der Waals surface area (Å²) < 4.78 is 18.5. The van der Waals surface area contributed by atoms with Crippen molar-refractivity contribution in [1.82, 2.24) is 5.32 Å². The van der Waals surface area contributed by atoms with Crippen LogP contribution in [0.1, 0.15) is 29.1 Å². The molecular weight excluding hydrogens is 277 g/mol. The molecule has 106 valence electrons. The number of halogens is 1. The first-order valence-electron chi connectivity index (χ1n) is 6.31. The number of benzene rings is 1. The van der Waals surface area contributed by atoms with Crippen LogP contribution in [0.3, 0.4) is 0 Å². The number of rotatable bonds is 5. The van der Waals surface area contributed by atoms with E-state index in [-0.39, 0.29) is 17.8 Å². The number of ether oxygens (including phenoxy) is 1. The molecule has 0 fully saturated rings. The van der Waals surface area contributed by atoms with Gasteiger partial charge in [-0.25, -0.2) is 4.39 Å². The minimum atomic E-state index is -0.329. The number of thiophene rings is 1. The van der Waals surface area contributed by atoms with Gasteiger partial charge in [0.2, 0.25) is 0 Å². The highest BCUT2D eigenvalue weighted by molar-refractivity contribution is 7.12. The smallest absolute Gasteiger partial charge is 0.261 e. The molecular formula is C15H16FNO2S. The molecule has 0 bridgehead atoms. The van der Waals surface area contributed by atoms with Crippen molar-refractivity contribution in [3.8, 4) is 5.75 Å². The Hall–Kier alpha value is -1.88. The molecule has 0 spiro atoms. The molecule has 0 aliphatic rings. The lowest BCUT2D eigenvalue weighted by molar-refractivity contribution is 0.0947. The average Bonchev–Trinajstić information content (AvgIpc) is 2.84. The van der Waals surface area contributed by atoms with Crippen molar-refractivity contribution in [3.05, 3.63) is 52.0 Å². The molecule has 0 aliphatic heterocycles. The zero-order chi connectivity index (χ0) is 14.5. The van der Waals surface area contributed by atoms with Crippen LogP contribution in [0.5, 0.6) is 5.75 Å². The van der Waals surface area contributed by atoms with Gasteiger partial charge < -0.3 is 10.1 Å². The van der Waals surface area contributed by atoms with Crippen molar-refractivity contribution < 1.29 is 13.9 Å². The molecule has 1 heterocycles. The molecule has 0 unspecified atom stereocenters. The van der Waals surface area contributed by atoms with E-state index < -0.39 is 0 Å². The molecule has 0 atom stereocenters. The minimum Gasteiger partial charge on any atom is -0.489 e. The van der Waals surface area contributed by atoms with Crippen molar-refractivity contribution in [2.24, 2.45) is 0 Å². The molecule has 1 N–H and O–H groups in total. The maximum atomic E-state index is 13.0. The number of carbonyl (C=O) groups excluding carboxylic acids is 1. The lowest BCUT2D eigenvalue weighted by Gasteiger charge is -2.06. The molecule has 2 aromatic rings. The topological polar surface area (TPSA) is 38.3 Å². The van der Waals surface area contributed by atoms with Gasteiger partial charge in [-0.3, -0.25) is 4.79 Å². The summed E-state index contributed by atoms with van der Waals surface area (Å²) in [5.74, 6) is 0.0659. The predicted octanol–water partition coefficient (Wildman–Crippen LogP) is 3.60. The first-order chi connectivity index (χ1) is 9.54. The van der Waals surface area contributed by atoms with Gasteiger partial charge in [-0.05, 0) is 37.4 Å². The fourth-order valence-corrected chi connectivity index (χ4v) is 2.43. The predicted molar refractivity (Wildman–Crippen MR) is 77.7 cm³/mol. The summed E-state index contributed by atoms with van der Waals surface area (Å²) in [6, 6.07) is 7.89. The monoisotopic (exact) mass is 293 g/mol. The van der Waals surface area contributed by atoms with Gasteiger partial charge in [0.15, 0.2) is 0 Å². The average molecular weight is 293 g/mol. The summed E-state index contributed by atoms with van der Waals surface area (Å²) >= 11 is 1.37. The van der Waals surface area contributed by atoms with Crippen molar-refractivity contribution >= 4 is 17.2 Å². The summed E-state index contributed by atoms with van der Waals surface area (Å²) in [6.45, 7) is 4.15. The first kappa shape index (κ1) is 14.5. The maximum absolute atomic E-state index is 13.0. The SMILES string of the molecule is CC(C)NC(=O)c1cc(COc2cccc(F)c2)cs1. The Morgan fingerprint density at radius 1 is 1.40 bits per heavy atom. The van der Waals surface area contributed by atoms with E-state index in [0.717, 1.165) is 5.56 Å². The van der Waals surface area contributed by atoms with Gasteiger partial charge in [-0.15, -0.1) is 11.3 Å². The number of nitrogens with one attached hydrogen (secondary N) is 1. The Morgan fingerprint density at radius 2 is 2.20 bits per heavy atom. The summed E-state index contributed by atoms with van der Waals surface area (Å²) in [5.41, 5.74) is 0.896. The molecule has 1 aromatic heterocycles. The van der Waals surface area contributed by atoms with Crippen LogP contribution in [0, 0.1) is 5.82 Å². The van der Waals surface area contributed by atoms with Crippen LogP contribution in [0.25, 0.3) is 0 Å². The molecule has 0 radical (unpaired) electrons. The van der Waals surface area contributed by atoms with Gasteiger partial charge in [0.25, 0.3) is 5.91 Å². The summed E-state index contributed by atoms with van der Waals surface area (Å²) in [7, 11) is 0. The Bertz CT molecular complexity index is 595. The van der Waals surface area contributed by atoms with E-state index in [1.54, 1.807) is 18.2 Å². The highest BCUT2D eigenvalue weighted by Gasteiger charge is 2.10. The third-order valence-corrected chi connectivity index (χ3v) is 3.48. The lowest BCUT2D eigenvalue weighted by Crippen LogP contribution is -2.29. The van der Waals surface area contributed by atoms with E-state index in [2.05, 4.69) is 5.32 Å². The molecule has 0 saturated carbocycles. The quantitative estimate of drug-likeness (QED) is 0.914.